The van der Waals surface area contributed by atoms with Gasteiger partial charge in [-0.3, -0.25) is 0 Å². The lowest BCUT2D eigenvalue weighted by molar-refractivity contribution is 0.467. The van der Waals surface area contributed by atoms with Crippen molar-refractivity contribution in [2.45, 2.75) is 20.4 Å². The molecule has 19 heavy (non-hydrogen) atoms. The average Bonchev–Trinajstić information content (AvgIpc) is 2.39. The molecule has 2 N–H and O–H groups in total. The topological polar surface area (TPSA) is 32.3 Å². The van der Waals surface area contributed by atoms with Crippen LogP contribution in [0.4, 0.5) is 5.69 Å². The van der Waals surface area contributed by atoms with Crippen molar-refractivity contribution in [2.75, 3.05) is 5.32 Å². The number of anilines is 1. The summed E-state index contributed by atoms with van der Waals surface area (Å²) in [6.45, 7) is 4.43. The van der Waals surface area contributed by atoms with Gasteiger partial charge in [0, 0.05) is 27.3 Å². The van der Waals surface area contributed by atoms with E-state index in [1.54, 1.807) is 0 Å². The molecule has 0 bridgehead atoms. The first-order valence-corrected chi connectivity index (χ1v) is 7.13. The monoisotopic (exact) mass is 339 g/mol. The van der Waals surface area contributed by atoms with Gasteiger partial charge in [0.1, 0.15) is 5.75 Å². The molecule has 0 heterocycles. The summed E-state index contributed by atoms with van der Waals surface area (Å²) < 4.78 is 1.01. The highest BCUT2D eigenvalue weighted by Crippen LogP contribution is 2.29. The van der Waals surface area contributed by atoms with E-state index in [9.17, 15) is 5.11 Å². The first-order valence-electron chi connectivity index (χ1n) is 5.96. The van der Waals surface area contributed by atoms with Crippen LogP contribution in [-0.2, 0) is 6.54 Å². The minimum absolute atomic E-state index is 0.343. The van der Waals surface area contributed by atoms with Crippen LogP contribution in [0.1, 0.15) is 16.7 Å². The lowest BCUT2D eigenvalue weighted by Crippen LogP contribution is -2.02. The zero-order chi connectivity index (χ0) is 14.0. The van der Waals surface area contributed by atoms with Gasteiger partial charge in [0.05, 0.1) is 0 Å². The molecule has 0 aromatic heterocycles. The lowest BCUT2D eigenvalue weighted by atomic mass is 10.1. The van der Waals surface area contributed by atoms with E-state index in [0.29, 0.717) is 17.3 Å². The van der Waals surface area contributed by atoms with Gasteiger partial charge in [-0.1, -0.05) is 33.6 Å². The second kappa shape index (κ2) is 5.85. The Balaban J connectivity index is 2.19. The zero-order valence-electron chi connectivity index (χ0n) is 10.8. The zero-order valence-corrected chi connectivity index (χ0v) is 13.1. The van der Waals surface area contributed by atoms with Gasteiger partial charge in [-0.15, -0.1) is 0 Å². The van der Waals surface area contributed by atoms with Gasteiger partial charge in [0.15, 0.2) is 0 Å². The standard InChI is InChI=1S/C15H15BrClNO/c1-9-3-6-14(10(2)15(9)19)18-8-11-7-12(17)4-5-13(11)16/h3-7,18-19H,8H2,1-2H3. The molecule has 4 heteroatoms. The Kier molecular flexibility index (Phi) is 4.38. The molecular formula is C15H15BrClNO. The Hall–Kier alpha value is -1.19. The maximum atomic E-state index is 9.91. The minimum Gasteiger partial charge on any atom is -0.507 e. The summed E-state index contributed by atoms with van der Waals surface area (Å²) in [5, 5.41) is 13.9. The number of hydrogen-bond acceptors (Lipinski definition) is 2. The molecule has 0 aliphatic rings. The van der Waals surface area contributed by atoms with Crippen molar-refractivity contribution in [2.24, 2.45) is 0 Å². The first-order chi connectivity index (χ1) is 8.99. The van der Waals surface area contributed by atoms with Crippen molar-refractivity contribution in [3.8, 4) is 5.75 Å². The molecule has 0 amide bonds. The third kappa shape index (κ3) is 3.23. The maximum absolute atomic E-state index is 9.91. The largest absolute Gasteiger partial charge is 0.507 e. The van der Waals surface area contributed by atoms with Crippen molar-refractivity contribution in [3.05, 3.63) is 56.5 Å². The number of phenolic OH excluding ortho intramolecular Hbond substituents is 1. The van der Waals surface area contributed by atoms with Crippen LogP contribution in [0.25, 0.3) is 0 Å². The summed E-state index contributed by atoms with van der Waals surface area (Å²) in [7, 11) is 0. The smallest absolute Gasteiger partial charge is 0.123 e. The van der Waals surface area contributed by atoms with Gasteiger partial charge in [-0.05, 0) is 49.2 Å². The highest BCUT2D eigenvalue weighted by molar-refractivity contribution is 9.10. The van der Waals surface area contributed by atoms with Gasteiger partial charge < -0.3 is 10.4 Å². The van der Waals surface area contributed by atoms with Gasteiger partial charge in [-0.2, -0.15) is 0 Å². The number of nitrogens with one attached hydrogen (secondary N) is 1. The van der Waals surface area contributed by atoms with Crippen LogP contribution < -0.4 is 5.32 Å². The minimum atomic E-state index is 0.343. The fourth-order valence-corrected chi connectivity index (χ4v) is 2.48. The summed E-state index contributed by atoms with van der Waals surface area (Å²) in [4.78, 5) is 0. The van der Waals surface area contributed by atoms with Crippen LogP contribution in [0.15, 0.2) is 34.8 Å². The van der Waals surface area contributed by atoms with E-state index in [1.807, 2.05) is 44.2 Å². The van der Waals surface area contributed by atoms with E-state index < -0.39 is 0 Å². The van der Waals surface area contributed by atoms with Crippen molar-refractivity contribution in [1.29, 1.82) is 0 Å². The van der Waals surface area contributed by atoms with E-state index in [1.165, 1.54) is 0 Å². The highest BCUT2D eigenvalue weighted by Gasteiger charge is 2.07. The van der Waals surface area contributed by atoms with Gasteiger partial charge in [0.2, 0.25) is 0 Å². The predicted octanol–water partition coefficient (Wildman–Crippen LogP) is 5.04. The van der Waals surface area contributed by atoms with Gasteiger partial charge in [0.25, 0.3) is 0 Å². The number of phenols is 1. The van der Waals surface area contributed by atoms with E-state index in [4.69, 9.17) is 11.6 Å². The summed E-state index contributed by atoms with van der Waals surface area (Å²) in [6.07, 6.45) is 0. The van der Waals surface area contributed by atoms with E-state index in [-0.39, 0.29) is 0 Å². The van der Waals surface area contributed by atoms with Crippen molar-refractivity contribution >= 4 is 33.2 Å². The summed E-state index contributed by atoms with van der Waals surface area (Å²) >= 11 is 9.49. The maximum Gasteiger partial charge on any atom is 0.123 e. The molecule has 0 unspecified atom stereocenters. The molecule has 2 aromatic carbocycles. The summed E-state index contributed by atoms with van der Waals surface area (Å²) in [5.41, 5.74) is 3.74. The lowest BCUT2D eigenvalue weighted by Gasteiger charge is -2.13. The van der Waals surface area contributed by atoms with Crippen LogP contribution in [0.3, 0.4) is 0 Å². The van der Waals surface area contributed by atoms with Crippen LogP contribution in [-0.4, -0.2) is 5.11 Å². The van der Waals surface area contributed by atoms with Crippen LogP contribution in [0.2, 0.25) is 5.02 Å². The molecule has 2 rings (SSSR count). The normalized spacial score (nSPS) is 10.5. The molecule has 0 saturated heterocycles. The number of halogens is 2. The van der Waals surface area contributed by atoms with Crippen molar-refractivity contribution in [1.82, 2.24) is 0 Å². The van der Waals surface area contributed by atoms with Crippen molar-refractivity contribution in [3.63, 3.8) is 0 Å². The number of hydrogen-bond donors (Lipinski definition) is 2. The predicted molar refractivity (Wildman–Crippen MR) is 84.1 cm³/mol. The molecule has 2 nitrogen and oxygen atoms in total. The van der Waals surface area contributed by atoms with Gasteiger partial charge in [-0.25, -0.2) is 0 Å². The molecule has 0 aliphatic carbocycles. The Morgan fingerprint density at radius 3 is 2.68 bits per heavy atom. The Bertz CT molecular complexity index is 613. The number of aryl methyl sites for hydroxylation is 1. The Labute approximate surface area is 126 Å². The highest BCUT2D eigenvalue weighted by atomic mass is 79.9. The van der Waals surface area contributed by atoms with Crippen LogP contribution in [0, 0.1) is 13.8 Å². The average molecular weight is 341 g/mol. The van der Waals surface area contributed by atoms with Gasteiger partial charge >= 0.3 is 0 Å². The van der Waals surface area contributed by atoms with E-state index >= 15 is 0 Å². The number of benzene rings is 2. The van der Waals surface area contributed by atoms with Crippen molar-refractivity contribution < 1.29 is 5.11 Å². The third-order valence-corrected chi connectivity index (χ3v) is 4.12. The molecule has 0 aliphatic heterocycles. The summed E-state index contributed by atoms with van der Waals surface area (Å²) in [5.74, 6) is 0.343. The Morgan fingerprint density at radius 2 is 1.95 bits per heavy atom. The molecule has 0 atom stereocenters. The van der Waals surface area contributed by atoms with E-state index in [2.05, 4.69) is 21.2 Å². The second-order valence-corrected chi connectivity index (χ2v) is 5.78. The molecular weight excluding hydrogens is 326 g/mol. The quantitative estimate of drug-likeness (QED) is 0.820. The second-order valence-electron chi connectivity index (χ2n) is 4.49. The molecule has 0 saturated carbocycles. The molecule has 0 spiro atoms. The third-order valence-electron chi connectivity index (χ3n) is 3.11. The molecule has 0 fully saturated rings. The van der Waals surface area contributed by atoms with Crippen LogP contribution in [0.5, 0.6) is 5.75 Å². The molecule has 2 aromatic rings. The molecule has 0 radical (unpaired) electrons. The fraction of sp³-hybridized carbons (Fsp3) is 0.200. The summed E-state index contributed by atoms with van der Waals surface area (Å²) in [6, 6.07) is 9.57. The number of aromatic hydroxyl groups is 1. The SMILES string of the molecule is Cc1ccc(NCc2cc(Cl)ccc2Br)c(C)c1O. The molecule has 100 valence electrons. The first kappa shape index (κ1) is 14.2. The van der Waals surface area contributed by atoms with E-state index in [0.717, 1.165) is 26.9 Å². The van der Waals surface area contributed by atoms with Crippen LogP contribution >= 0.6 is 27.5 Å². The fourth-order valence-electron chi connectivity index (χ4n) is 1.90. The number of rotatable bonds is 3. The Morgan fingerprint density at radius 1 is 1.21 bits per heavy atom.